The van der Waals surface area contributed by atoms with Crippen LogP contribution in [0.25, 0.3) is 0 Å². The first-order chi connectivity index (χ1) is 10.0. The Bertz CT molecular complexity index is 502. The molecule has 1 aliphatic heterocycles. The molecule has 1 unspecified atom stereocenters. The molecule has 0 radical (unpaired) electrons. The summed E-state index contributed by atoms with van der Waals surface area (Å²) < 4.78 is 0. The lowest BCUT2D eigenvalue weighted by Crippen LogP contribution is -2.62. The van der Waals surface area contributed by atoms with Crippen molar-refractivity contribution in [2.24, 2.45) is 11.5 Å². The average molecular weight is 293 g/mol. The second-order valence-corrected chi connectivity index (χ2v) is 4.92. The van der Waals surface area contributed by atoms with E-state index in [1.54, 1.807) is 11.1 Å². The minimum absolute atomic E-state index is 0.505. The van der Waals surface area contributed by atoms with E-state index in [1.807, 2.05) is 18.2 Å². The van der Waals surface area contributed by atoms with E-state index >= 15 is 0 Å². The Labute approximate surface area is 122 Å². The summed E-state index contributed by atoms with van der Waals surface area (Å²) in [6.45, 7) is 2.27. The third kappa shape index (κ3) is 3.47. The van der Waals surface area contributed by atoms with Gasteiger partial charge in [-0.1, -0.05) is 6.07 Å². The topological polar surface area (TPSA) is 126 Å². The molecule has 0 bridgehead atoms. The Morgan fingerprint density at radius 2 is 1.90 bits per heavy atom. The second-order valence-electron chi connectivity index (χ2n) is 4.92. The molecule has 8 nitrogen and oxygen atoms in total. The van der Waals surface area contributed by atoms with Crippen LogP contribution in [-0.2, 0) is 9.59 Å². The Morgan fingerprint density at radius 1 is 1.24 bits per heavy atom. The van der Waals surface area contributed by atoms with Crippen LogP contribution in [0.3, 0.4) is 0 Å². The maximum absolute atomic E-state index is 11.5. The number of piperazine rings is 1. The number of primary amides is 1. The van der Waals surface area contributed by atoms with Crippen LogP contribution >= 0.6 is 0 Å². The largest absolute Gasteiger partial charge is 0.480 e. The van der Waals surface area contributed by atoms with Gasteiger partial charge in [-0.05, 0) is 12.1 Å². The molecule has 0 saturated carbocycles. The van der Waals surface area contributed by atoms with Gasteiger partial charge in [0.25, 0.3) is 0 Å². The van der Waals surface area contributed by atoms with Crippen molar-refractivity contribution in [3.05, 3.63) is 24.4 Å². The first-order valence-corrected chi connectivity index (χ1v) is 6.68. The molecule has 1 fully saturated rings. The number of nitrogens with zero attached hydrogens (tertiary/aromatic N) is 3. The number of hydrogen-bond donors (Lipinski definition) is 3. The smallest absolute Gasteiger partial charge is 0.322 e. The van der Waals surface area contributed by atoms with E-state index in [9.17, 15) is 9.59 Å². The number of rotatable bonds is 5. The van der Waals surface area contributed by atoms with Crippen LogP contribution in [0.2, 0.25) is 0 Å². The molecule has 2 rings (SSSR count). The zero-order valence-corrected chi connectivity index (χ0v) is 11.6. The number of amides is 1. The highest BCUT2D eigenvalue weighted by Gasteiger charge is 2.36. The number of anilines is 1. The van der Waals surface area contributed by atoms with Crippen molar-refractivity contribution in [3.8, 4) is 0 Å². The molecule has 114 valence electrons. The minimum atomic E-state index is -1.32. The molecule has 1 amide bonds. The fourth-order valence-corrected chi connectivity index (χ4v) is 2.49. The van der Waals surface area contributed by atoms with Gasteiger partial charge in [-0.2, -0.15) is 0 Å². The molecule has 1 aliphatic rings. The Hall–Kier alpha value is -2.19. The van der Waals surface area contributed by atoms with Crippen molar-refractivity contribution in [1.29, 1.82) is 0 Å². The van der Waals surface area contributed by atoms with Gasteiger partial charge in [0.1, 0.15) is 17.9 Å². The number of carboxylic acids is 1. The lowest BCUT2D eigenvalue weighted by Gasteiger charge is -2.39. The third-order valence-electron chi connectivity index (χ3n) is 3.60. The van der Waals surface area contributed by atoms with Crippen molar-refractivity contribution in [2.45, 2.75) is 12.1 Å². The Balaban J connectivity index is 2.02. The van der Waals surface area contributed by atoms with E-state index in [-0.39, 0.29) is 0 Å². The summed E-state index contributed by atoms with van der Waals surface area (Å²) >= 11 is 0. The van der Waals surface area contributed by atoms with Crippen LogP contribution in [0.15, 0.2) is 24.4 Å². The zero-order valence-electron chi connectivity index (χ0n) is 11.6. The zero-order chi connectivity index (χ0) is 15.4. The molecule has 8 heteroatoms. The molecule has 5 N–H and O–H groups in total. The highest BCUT2D eigenvalue weighted by atomic mass is 16.4. The first kappa shape index (κ1) is 15.2. The lowest BCUT2D eigenvalue weighted by molar-refractivity contribution is -0.143. The fourth-order valence-electron chi connectivity index (χ4n) is 2.49. The number of pyridine rings is 1. The number of carboxylic acid groups (broad SMARTS) is 1. The van der Waals surface area contributed by atoms with Crippen molar-refractivity contribution in [1.82, 2.24) is 9.88 Å². The minimum Gasteiger partial charge on any atom is -0.480 e. The van der Waals surface area contributed by atoms with E-state index in [4.69, 9.17) is 16.6 Å². The van der Waals surface area contributed by atoms with Crippen LogP contribution in [0, 0.1) is 0 Å². The van der Waals surface area contributed by atoms with Crippen LogP contribution in [0.1, 0.15) is 0 Å². The lowest BCUT2D eigenvalue weighted by atomic mass is 10.1. The van der Waals surface area contributed by atoms with E-state index in [2.05, 4.69) is 9.88 Å². The Morgan fingerprint density at radius 3 is 2.38 bits per heavy atom. The molecule has 0 aliphatic carbocycles. The number of aliphatic carboxylic acids is 1. The molecule has 1 aromatic rings. The van der Waals surface area contributed by atoms with E-state index in [0.717, 1.165) is 5.82 Å². The molecule has 1 saturated heterocycles. The molecular weight excluding hydrogens is 274 g/mol. The Kier molecular flexibility index (Phi) is 4.71. The maximum atomic E-state index is 11.5. The fraction of sp³-hybridized carbons (Fsp3) is 0.462. The molecule has 21 heavy (non-hydrogen) atoms. The third-order valence-corrected chi connectivity index (χ3v) is 3.60. The van der Waals surface area contributed by atoms with Gasteiger partial charge in [0.15, 0.2) is 0 Å². The van der Waals surface area contributed by atoms with Gasteiger partial charge in [-0.15, -0.1) is 0 Å². The summed E-state index contributed by atoms with van der Waals surface area (Å²) in [4.78, 5) is 30.6. The van der Waals surface area contributed by atoms with Crippen molar-refractivity contribution >= 4 is 17.7 Å². The predicted molar refractivity (Wildman–Crippen MR) is 76.6 cm³/mol. The summed E-state index contributed by atoms with van der Waals surface area (Å²) in [5.74, 6) is -1.09. The number of aromatic nitrogens is 1. The van der Waals surface area contributed by atoms with Gasteiger partial charge in [0.05, 0.1) is 0 Å². The number of carbonyl (C=O) groups excluding carboxylic acids is 1. The monoisotopic (exact) mass is 293 g/mol. The van der Waals surface area contributed by atoms with Crippen molar-refractivity contribution in [3.63, 3.8) is 0 Å². The summed E-state index contributed by atoms with van der Waals surface area (Å²) in [5, 5.41) is 8.98. The molecular formula is C13H19N5O3. The van der Waals surface area contributed by atoms with Gasteiger partial charge < -0.3 is 21.5 Å². The standard InChI is InChI=1S/C13H19N5O3/c14-10(13(20)21)11(12(15)19)18-7-5-17(6-8-18)9-3-1-2-4-16-9/h1-4,10-11H,5-8,14H2,(H2,15,19)(H,20,21)/t10-,11?/m0/s1. The van der Waals surface area contributed by atoms with E-state index < -0.39 is 24.0 Å². The van der Waals surface area contributed by atoms with Crippen LogP contribution in [-0.4, -0.2) is 65.1 Å². The average Bonchev–Trinajstić information content (AvgIpc) is 2.48. The quantitative estimate of drug-likeness (QED) is 0.601. The van der Waals surface area contributed by atoms with Crippen molar-refractivity contribution < 1.29 is 14.7 Å². The molecule has 0 aromatic carbocycles. The number of carbonyl (C=O) groups is 2. The van der Waals surface area contributed by atoms with Crippen LogP contribution in [0.5, 0.6) is 0 Å². The number of nitrogens with two attached hydrogens (primary N) is 2. The molecule has 2 heterocycles. The highest BCUT2D eigenvalue weighted by Crippen LogP contribution is 2.15. The maximum Gasteiger partial charge on any atom is 0.322 e. The van der Waals surface area contributed by atoms with E-state index in [1.165, 1.54) is 0 Å². The van der Waals surface area contributed by atoms with Crippen LogP contribution in [0.4, 0.5) is 5.82 Å². The summed E-state index contributed by atoms with van der Waals surface area (Å²) in [5.41, 5.74) is 10.9. The predicted octanol–water partition coefficient (Wildman–Crippen LogP) is -1.53. The van der Waals surface area contributed by atoms with E-state index in [0.29, 0.717) is 26.2 Å². The SMILES string of the molecule is NC(=O)C([C@H](N)C(=O)O)N1CCN(c2ccccn2)CC1. The summed E-state index contributed by atoms with van der Waals surface area (Å²) in [6.07, 6.45) is 1.72. The van der Waals surface area contributed by atoms with Crippen LogP contribution < -0.4 is 16.4 Å². The van der Waals surface area contributed by atoms with Gasteiger partial charge in [-0.25, -0.2) is 4.98 Å². The molecule has 2 atom stereocenters. The summed E-state index contributed by atoms with van der Waals surface area (Å²) in [6, 6.07) is 3.34. The van der Waals surface area contributed by atoms with Crippen molar-refractivity contribution in [2.75, 3.05) is 31.1 Å². The molecule has 0 spiro atoms. The van der Waals surface area contributed by atoms with Gasteiger partial charge in [0, 0.05) is 32.4 Å². The van der Waals surface area contributed by atoms with Gasteiger partial charge in [0.2, 0.25) is 5.91 Å². The number of hydrogen-bond acceptors (Lipinski definition) is 6. The second kappa shape index (κ2) is 6.51. The highest BCUT2D eigenvalue weighted by molar-refractivity contribution is 5.88. The summed E-state index contributed by atoms with van der Waals surface area (Å²) in [7, 11) is 0. The van der Waals surface area contributed by atoms with Gasteiger partial charge in [-0.3, -0.25) is 14.5 Å². The first-order valence-electron chi connectivity index (χ1n) is 6.68. The molecule has 1 aromatic heterocycles. The normalized spacial score (nSPS) is 19.0. The van der Waals surface area contributed by atoms with Gasteiger partial charge >= 0.3 is 5.97 Å².